The van der Waals surface area contributed by atoms with Gasteiger partial charge < -0.3 is 40.9 Å². The van der Waals surface area contributed by atoms with E-state index in [4.69, 9.17) is 40.9 Å². The molecular formula is C18H28O16. The SMILES string of the molecule is CC(=O)CC(=O)O.CC(O)CC(=O)O.O=C(O)CCC(=O)C(=O)O.O=C(O)CCC(O)C(=O)O. The molecule has 0 aliphatic heterocycles. The van der Waals surface area contributed by atoms with E-state index in [2.05, 4.69) is 0 Å². The number of carbonyl (C=O) groups excluding carboxylic acids is 2. The Hall–Kier alpha value is -3.92. The van der Waals surface area contributed by atoms with Gasteiger partial charge in [-0.15, -0.1) is 0 Å². The highest BCUT2D eigenvalue weighted by Crippen LogP contribution is 1.96. The van der Waals surface area contributed by atoms with Gasteiger partial charge in [0.05, 0.1) is 18.9 Å². The average Bonchev–Trinajstić information content (AvgIpc) is 2.63. The minimum Gasteiger partial charge on any atom is -0.481 e. The minimum atomic E-state index is -1.58. The molecule has 0 aromatic carbocycles. The van der Waals surface area contributed by atoms with Crippen LogP contribution in [0.1, 0.15) is 52.4 Å². The number of hydrogen-bond acceptors (Lipinski definition) is 10. The Morgan fingerprint density at radius 1 is 0.647 bits per heavy atom. The predicted molar refractivity (Wildman–Crippen MR) is 107 cm³/mol. The zero-order valence-electron chi connectivity index (χ0n) is 18.2. The molecule has 16 heteroatoms. The second kappa shape index (κ2) is 22.3. The summed E-state index contributed by atoms with van der Waals surface area (Å²) in [6.45, 7) is 2.68. The van der Waals surface area contributed by atoms with E-state index in [9.17, 15) is 38.4 Å². The molecule has 0 rings (SSSR count). The third-order valence-electron chi connectivity index (χ3n) is 2.59. The van der Waals surface area contributed by atoms with Crippen LogP contribution in [0.3, 0.4) is 0 Å². The largest absolute Gasteiger partial charge is 0.481 e. The standard InChI is InChI=1S/C5H8O5.C5H6O5.C4H8O3.C4H6O3/c2*6-3(5(9)10)1-2-4(7)8;2*1-3(5)2-4(6)7/h3,6H,1-2H2,(H,7,8)(H,9,10);1-2H2,(H,7,8)(H,9,10);3,5H,2H2,1H3,(H,6,7);2H2,1H3,(H,6,7). The van der Waals surface area contributed by atoms with Crippen LogP contribution in [0.4, 0.5) is 0 Å². The van der Waals surface area contributed by atoms with E-state index in [0.717, 1.165) is 0 Å². The molecule has 0 radical (unpaired) electrons. The van der Waals surface area contributed by atoms with Crippen molar-refractivity contribution in [2.75, 3.05) is 0 Å². The Morgan fingerprint density at radius 2 is 1.09 bits per heavy atom. The maximum atomic E-state index is 10.2. The molecule has 0 saturated heterocycles. The fourth-order valence-corrected chi connectivity index (χ4v) is 1.18. The number of carbonyl (C=O) groups is 8. The van der Waals surface area contributed by atoms with Gasteiger partial charge in [-0.05, 0) is 20.3 Å². The van der Waals surface area contributed by atoms with Crippen molar-refractivity contribution in [1.29, 1.82) is 0 Å². The number of carboxylic acid groups (broad SMARTS) is 6. The average molecular weight is 500 g/mol. The normalized spacial score (nSPS) is 10.7. The van der Waals surface area contributed by atoms with Gasteiger partial charge in [-0.3, -0.25) is 28.8 Å². The molecular weight excluding hydrogens is 472 g/mol. The van der Waals surface area contributed by atoms with Gasteiger partial charge in [-0.1, -0.05) is 0 Å². The minimum absolute atomic E-state index is 0.167. The smallest absolute Gasteiger partial charge is 0.372 e. The number of hydrogen-bond donors (Lipinski definition) is 8. The molecule has 34 heavy (non-hydrogen) atoms. The summed E-state index contributed by atoms with van der Waals surface area (Å²) in [5.41, 5.74) is 0. The number of rotatable bonds is 12. The lowest BCUT2D eigenvalue weighted by Gasteiger charge is -2.00. The zero-order chi connectivity index (χ0) is 28.0. The maximum absolute atomic E-state index is 10.2. The number of ketones is 2. The molecule has 196 valence electrons. The number of Topliss-reactive ketones (excluding diaryl/α,β-unsaturated/α-hetero) is 2. The summed E-state index contributed by atoms with van der Waals surface area (Å²) in [4.78, 5) is 78.5. The Labute approximate surface area is 192 Å². The Kier molecular flexibility index (Phi) is 24.5. The monoisotopic (exact) mass is 500 g/mol. The van der Waals surface area contributed by atoms with Gasteiger partial charge in [0.15, 0.2) is 6.10 Å². The highest BCUT2D eigenvalue weighted by atomic mass is 16.4. The molecule has 0 aliphatic carbocycles. The Morgan fingerprint density at radius 3 is 1.26 bits per heavy atom. The topological polar surface area (TPSA) is 298 Å². The van der Waals surface area contributed by atoms with Gasteiger partial charge in [0.2, 0.25) is 5.78 Å². The number of aliphatic hydroxyl groups excluding tert-OH is 2. The first-order valence-electron chi connectivity index (χ1n) is 9.04. The van der Waals surface area contributed by atoms with Crippen LogP contribution in [-0.4, -0.2) is 100 Å². The second-order valence-electron chi connectivity index (χ2n) is 6.13. The van der Waals surface area contributed by atoms with Crippen LogP contribution in [0.2, 0.25) is 0 Å². The Bertz CT molecular complexity index is 697. The van der Waals surface area contributed by atoms with Crippen LogP contribution in [0, 0.1) is 0 Å². The Balaban J connectivity index is -0.000000179. The molecule has 0 saturated carbocycles. The molecule has 0 heterocycles. The predicted octanol–water partition coefficient (Wildman–Crippen LogP) is -1.31. The van der Waals surface area contributed by atoms with Gasteiger partial charge in [-0.2, -0.15) is 0 Å². The third kappa shape index (κ3) is 42.2. The van der Waals surface area contributed by atoms with Gasteiger partial charge in [0.1, 0.15) is 12.2 Å². The van der Waals surface area contributed by atoms with Crippen LogP contribution < -0.4 is 0 Å². The van der Waals surface area contributed by atoms with Crippen molar-refractivity contribution in [2.45, 2.75) is 64.6 Å². The molecule has 0 amide bonds. The molecule has 0 aromatic heterocycles. The summed E-state index contributed by atoms with van der Waals surface area (Å²) < 4.78 is 0. The van der Waals surface area contributed by atoms with Gasteiger partial charge in [-0.25, -0.2) is 9.59 Å². The van der Waals surface area contributed by atoms with Gasteiger partial charge >= 0.3 is 35.8 Å². The summed E-state index contributed by atoms with van der Waals surface area (Å²) in [5.74, 6) is -8.66. The number of carboxylic acids is 6. The highest BCUT2D eigenvalue weighted by Gasteiger charge is 2.14. The van der Waals surface area contributed by atoms with Crippen molar-refractivity contribution in [3.8, 4) is 0 Å². The molecule has 0 bridgehead atoms. The summed E-state index contributed by atoms with van der Waals surface area (Å²) in [6, 6.07) is 0. The van der Waals surface area contributed by atoms with E-state index in [0.29, 0.717) is 0 Å². The van der Waals surface area contributed by atoms with Crippen LogP contribution in [-0.2, 0) is 38.4 Å². The molecule has 0 aliphatic rings. The summed E-state index contributed by atoms with van der Waals surface area (Å²) in [7, 11) is 0. The summed E-state index contributed by atoms with van der Waals surface area (Å²) >= 11 is 0. The summed E-state index contributed by atoms with van der Waals surface area (Å²) in [5, 5.41) is 64.7. The van der Waals surface area contributed by atoms with E-state index < -0.39 is 66.6 Å². The first-order chi connectivity index (χ1) is 15.3. The van der Waals surface area contributed by atoms with Crippen molar-refractivity contribution < 1.29 is 79.2 Å². The molecule has 0 fully saturated rings. The number of aliphatic carboxylic acids is 6. The quantitative estimate of drug-likeness (QED) is 0.114. The molecule has 8 N–H and O–H groups in total. The molecule has 2 unspecified atom stereocenters. The molecule has 2 atom stereocenters. The fourth-order valence-electron chi connectivity index (χ4n) is 1.18. The zero-order valence-corrected chi connectivity index (χ0v) is 18.2. The molecule has 0 spiro atoms. The number of aliphatic hydroxyl groups is 2. The molecule has 16 nitrogen and oxygen atoms in total. The fraction of sp³-hybridized carbons (Fsp3) is 0.556. The lowest BCUT2D eigenvalue weighted by atomic mass is 10.2. The van der Waals surface area contributed by atoms with Crippen molar-refractivity contribution in [2.24, 2.45) is 0 Å². The first kappa shape index (κ1) is 37.4. The van der Waals surface area contributed by atoms with E-state index >= 15 is 0 Å². The summed E-state index contributed by atoms with van der Waals surface area (Å²) in [6.07, 6.45) is -4.25. The van der Waals surface area contributed by atoms with Crippen LogP contribution in [0.25, 0.3) is 0 Å². The van der Waals surface area contributed by atoms with Crippen molar-refractivity contribution in [3.63, 3.8) is 0 Å². The van der Waals surface area contributed by atoms with E-state index in [1.165, 1.54) is 13.8 Å². The first-order valence-corrected chi connectivity index (χ1v) is 9.04. The van der Waals surface area contributed by atoms with E-state index in [-0.39, 0.29) is 31.5 Å². The van der Waals surface area contributed by atoms with Crippen LogP contribution in [0.15, 0.2) is 0 Å². The van der Waals surface area contributed by atoms with Gasteiger partial charge in [0, 0.05) is 12.8 Å². The maximum Gasteiger partial charge on any atom is 0.372 e. The second-order valence-corrected chi connectivity index (χ2v) is 6.13. The van der Waals surface area contributed by atoms with E-state index in [1.54, 1.807) is 0 Å². The van der Waals surface area contributed by atoms with Crippen LogP contribution >= 0.6 is 0 Å². The van der Waals surface area contributed by atoms with E-state index in [1.807, 2.05) is 0 Å². The van der Waals surface area contributed by atoms with Crippen molar-refractivity contribution >= 4 is 47.4 Å². The lowest BCUT2D eigenvalue weighted by molar-refractivity contribution is -0.150. The lowest BCUT2D eigenvalue weighted by Crippen LogP contribution is -2.20. The van der Waals surface area contributed by atoms with Gasteiger partial charge in [0.25, 0.3) is 0 Å². The van der Waals surface area contributed by atoms with Crippen molar-refractivity contribution in [1.82, 2.24) is 0 Å². The third-order valence-corrected chi connectivity index (χ3v) is 2.59. The molecule has 0 aromatic rings. The highest BCUT2D eigenvalue weighted by molar-refractivity contribution is 6.32. The van der Waals surface area contributed by atoms with Crippen molar-refractivity contribution in [3.05, 3.63) is 0 Å². The van der Waals surface area contributed by atoms with Crippen LogP contribution in [0.5, 0.6) is 0 Å².